The fourth-order valence-electron chi connectivity index (χ4n) is 1.84. The molecule has 0 unspecified atom stereocenters. The van der Waals surface area contributed by atoms with Crippen molar-refractivity contribution in [1.29, 1.82) is 0 Å². The summed E-state index contributed by atoms with van der Waals surface area (Å²) >= 11 is 1.69. The van der Waals surface area contributed by atoms with Crippen LogP contribution in [0.1, 0.15) is 15.9 Å². The number of nitrogens with zero attached hydrogens (tertiary/aromatic N) is 1. The van der Waals surface area contributed by atoms with Crippen LogP contribution in [0.3, 0.4) is 0 Å². The van der Waals surface area contributed by atoms with Crippen molar-refractivity contribution >= 4 is 17.7 Å². The van der Waals surface area contributed by atoms with Gasteiger partial charge in [-0.05, 0) is 30.0 Å². The molecule has 20 heavy (non-hydrogen) atoms. The van der Waals surface area contributed by atoms with Crippen molar-refractivity contribution in [3.8, 4) is 0 Å². The van der Waals surface area contributed by atoms with Crippen molar-refractivity contribution in [3.05, 3.63) is 64.1 Å². The van der Waals surface area contributed by atoms with E-state index in [9.17, 15) is 9.59 Å². The van der Waals surface area contributed by atoms with Gasteiger partial charge in [-0.3, -0.25) is 9.59 Å². The highest BCUT2D eigenvalue weighted by molar-refractivity contribution is 7.98. The molecule has 0 fully saturated rings. The largest absolute Gasteiger partial charge is 0.337 e. The Morgan fingerprint density at radius 2 is 1.90 bits per heavy atom. The van der Waals surface area contributed by atoms with Gasteiger partial charge in [-0.2, -0.15) is 0 Å². The van der Waals surface area contributed by atoms with Crippen molar-refractivity contribution < 1.29 is 4.79 Å². The average Bonchev–Trinajstić information content (AvgIpc) is 2.48. The van der Waals surface area contributed by atoms with Crippen LogP contribution in [0.15, 0.2) is 52.3 Å². The number of aromatic nitrogens is 1. The second-order valence-corrected chi connectivity index (χ2v) is 5.33. The first-order chi connectivity index (χ1) is 9.60. The van der Waals surface area contributed by atoms with Crippen LogP contribution in [0.2, 0.25) is 0 Å². The van der Waals surface area contributed by atoms with E-state index in [4.69, 9.17) is 0 Å². The summed E-state index contributed by atoms with van der Waals surface area (Å²) in [5, 5.41) is 0. The molecular weight excluding hydrogens is 272 g/mol. The van der Waals surface area contributed by atoms with Crippen LogP contribution in [-0.2, 0) is 6.54 Å². The highest BCUT2D eigenvalue weighted by atomic mass is 32.2. The third kappa shape index (κ3) is 3.51. The lowest BCUT2D eigenvalue weighted by atomic mass is 10.2. The highest BCUT2D eigenvalue weighted by Gasteiger charge is 2.11. The fourth-order valence-corrected chi connectivity index (χ4v) is 2.25. The monoisotopic (exact) mass is 288 g/mol. The number of pyridine rings is 1. The van der Waals surface area contributed by atoms with Crippen LogP contribution in [-0.4, -0.2) is 29.1 Å². The third-order valence-electron chi connectivity index (χ3n) is 2.96. The molecule has 1 heterocycles. The SMILES string of the molecule is CSc1ccc(CN(C)C(=O)c2ccc(=O)[nH]c2)cc1. The van der Waals surface area contributed by atoms with E-state index in [1.54, 1.807) is 23.7 Å². The number of rotatable bonds is 4. The Hall–Kier alpha value is -2.01. The lowest BCUT2D eigenvalue weighted by molar-refractivity contribution is 0.0784. The van der Waals surface area contributed by atoms with Crippen molar-refractivity contribution in [2.24, 2.45) is 0 Å². The van der Waals surface area contributed by atoms with Gasteiger partial charge in [0.05, 0.1) is 5.56 Å². The summed E-state index contributed by atoms with van der Waals surface area (Å²) < 4.78 is 0. The molecule has 0 aliphatic heterocycles. The molecular formula is C15H16N2O2S. The van der Waals surface area contributed by atoms with Crippen LogP contribution in [0.25, 0.3) is 0 Å². The number of nitrogens with one attached hydrogen (secondary N) is 1. The number of aromatic amines is 1. The highest BCUT2D eigenvalue weighted by Crippen LogP contribution is 2.16. The van der Waals surface area contributed by atoms with Gasteiger partial charge in [0.1, 0.15) is 0 Å². The Balaban J connectivity index is 2.06. The first kappa shape index (κ1) is 14.4. The molecule has 0 aliphatic carbocycles. The predicted octanol–water partition coefficient (Wildman–Crippen LogP) is 2.37. The Labute approximate surface area is 121 Å². The molecule has 5 heteroatoms. The van der Waals surface area contributed by atoms with Crippen molar-refractivity contribution in [2.75, 3.05) is 13.3 Å². The number of carbonyl (C=O) groups is 1. The summed E-state index contributed by atoms with van der Waals surface area (Å²) in [5.41, 5.74) is 1.34. The van der Waals surface area contributed by atoms with Crippen molar-refractivity contribution in [1.82, 2.24) is 9.88 Å². The first-order valence-electron chi connectivity index (χ1n) is 6.17. The maximum absolute atomic E-state index is 12.2. The van der Waals surface area contributed by atoms with E-state index in [0.29, 0.717) is 12.1 Å². The van der Waals surface area contributed by atoms with Crippen LogP contribution in [0.5, 0.6) is 0 Å². The molecule has 104 valence electrons. The molecule has 2 rings (SSSR count). The van der Waals surface area contributed by atoms with Gasteiger partial charge in [0, 0.05) is 30.8 Å². The summed E-state index contributed by atoms with van der Waals surface area (Å²) in [7, 11) is 1.75. The topological polar surface area (TPSA) is 53.2 Å². The average molecular weight is 288 g/mol. The van der Waals surface area contributed by atoms with Gasteiger partial charge in [-0.25, -0.2) is 0 Å². The van der Waals surface area contributed by atoms with Gasteiger partial charge >= 0.3 is 0 Å². The van der Waals surface area contributed by atoms with Gasteiger partial charge < -0.3 is 9.88 Å². The molecule has 0 spiro atoms. The zero-order valence-electron chi connectivity index (χ0n) is 11.4. The maximum Gasteiger partial charge on any atom is 0.255 e. The molecule has 0 aliphatic rings. The molecule has 1 amide bonds. The number of carbonyl (C=O) groups excluding carboxylic acids is 1. The van der Waals surface area contributed by atoms with Crippen LogP contribution in [0, 0.1) is 0 Å². The smallest absolute Gasteiger partial charge is 0.255 e. The Morgan fingerprint density at radius 1 is 1.20 bits per heavy atom. The predicted molar refractivity (Wildman–Crippen MR) is 81.1 cm³/mol. The molecule has 0 saturated carbocycles. The molecule has 0 bridgehead atoms. The summed E-state index contributed by atoms with van der Waals surface area (Å²) in [4.78, 5) is 28.5. The van der Waals surface area contributed by atoms with Crippen LogP contribution < -0.4 is 5.56 Å². The van der Waals surface area contributed by atoms with Crippen molar-refractivity contribution in [2.45, 2.75) is 11.4 Å². The van der Waals surface area contributed by atoms with E-state index in [-0.39, 0.29) is 11.5 Å². The Bertz CT molecular complexity index is 629. The standard InChI is InChI=1S/C15H16N2O2S/c1-17(10-11-3-6-13(20-2)7-4-11)15(19)12-5-8-14(18)16-9-12/h3-9H,10H2,1-2H3,(H,16,18). The van der Waals surface area contributed by atoms with Crippen molar-refractivity contribution in [3.63, 3.8) is 0 Å². The zero-order chi connectivity index (χ0) is 14.5. The van der Waals surface area contributed by atoms with E-state index >= 15 is 0 Å². The molecule has 0 radical (unpaired) electrons. The fraction of sp³-hybridized carbons (Fsp3) is 0.200. The zero-order valence-corrected chi connectivity index (χ0v) is 12.2. The number of hydrogen-bond acceptors (Lipinski definition) is 3. The Morgan fingerprint density at radius 3 is 2.45 bits per heavy atom. The minimum atomic E-state index is -0.211. The second kappa shape index (κ2) is 6.43. The van der Waals surface area contributed by atoms with E-state index in [1.165, 1.54) is 23.2 Å². The van der Waals surface area contributed by atoms with Gasteiger partial charge in [-0.1, -0.05) is 12.1 Å². The summed E-state index contributed by atoms with van der Waals surface area (Å²) in [5.74, 6) is -0.116. The summed E-state index contributed by atoms with van der Waals surface area (Å²) in [6, 6.07) is 11.0. The first-order valence-corrected chi connectivity index (χ1v) is 7.40. The third-order valence-corrected chi connectivity index (χ3v) is 3.70. The maximum atomic E-state index is 12.2. The molecule has 1 aromatic carbocycles. The minimum Gasteiger partial charge on any atom is -0.337 e. The summed E-state index contributed by atoms with van der Waals surface area (Å²) in [6.07, 6.45) is 3.47. The van der Waals surface area contributed by atoms with Gasteiger partial charge in [-0.15, -0.1) is 11.8 Å². The molecule has 0 saturated heterocycles. The molecule has 4 nitrogen and oxygen atoms in total. The van der Waals surface area contributed by atoms with Crippen LogP contribution in [0.4, 0.5) is 0 Å². The quantitative estimate of drug-likeness (QED) is 0.879. The van der Waals surface area contributed by atoms with E-state index in [1.807, 2.05) is 30.5 Å². The second-order valence-electron chi connectivity index (χ2n) is 4.45. The lowest BCUT2D eigenvalue weighted by Crippen LogP contribution is -2.26. The van der Waals surface area contributed by atoms with E-state index in [2.05, 4.69) is 4.98 Å². The number of H-pyrrole nitrogens is 1. The molecule has 1 aromatic heterocycles. The van der Waals surface area contributed by atoms with E-state index in [0.717, 1.165) is 5.56 Å². The summed E-state index contributed by atoms with van der Waals surface area (Å²) in [6.45, 7) is 0.534. The number of hydrogen-bond donors (Lipinski definition) is 1. The Kier molecular flexibility index (Phi) is 4.63. The number of thioether (sulfide) groups is 1. The van der Waals surface area contributed by atoms with Gasteiger partial charge in [0.15, 0.2) is 0 Å². The molecule has 1 N–H and O–H groups in total. The van der Waals surface area contributed by atoms with E-state index < -0.39 is 0 Å². The lowest BCUT2D eigenvalue weighted by Gasteiger charge is -2.17. The normalized spacial score (nSPS) is 10.3. The van der Waals surface area contributed by atoms with Gasteiger partial charge in [0.25, 0.3) is 5.91 Å². The number of amides is 1. The minimum absolute atomic E-state index is 0.116. The van der Waals surface area contributed by atoms with Crippen LogP contribution >= 0.6 is 11.8 Å². The molecule has 2 aromatic rings. The molecule has 0 atom stereocenters. The van der Waals surface area contributed by atoms with Gasteiger partial charge in [0.2, 0.25) is 5.56 Å². The number of benzene rings is 1.